The van der Waals surface area contributed by atoms with Crippen LogP contribution in [0.15, 0.2) is 33.5 Å². The van der Waals surface area contributed by atoms with Crippen LogP contribution in [-0.4, -0.2) is 18.2 Å². The van der Waals surface area contributed by atoms with Crippen LogP contribution in [0, 0.1) is 5.92 Å². The Kier molecular flexibility index (Phi) is 3.24. The molecule has 4 unspecified atom stereocenters. The number of hydrogen-bond donors (Lipinski definition) is 0. The van der Waals surface area contributed by atoms with Crippen LogP contribution in [0.3, 0.4) is 0 Å². The molecule has 0 saturated carbocycles. The highest BCUT2D eigenvalue weighted by atomic mass is 16.6. The Morgan fingerprint density at radius 1 is 1.17 bits per heavy atom. The van der Waals surface area contributed by atoms with Gasteiger partial charge >= 0.3 is 11.6 Å². The first-order chi connectivity index (χ1) is 11.4. The summed E-state index contributed by atoms with van der Waals surface area (Å²) in [6.45, 7) is 5.81. The van der Waals surface area contributed by atoms with Crippen molar-refractivity contribution in [1.29, 1.82) is 0 Å². The molecule has 2 aromatic rings. The second-order valence-electron chi connectivity index (χ2n) is 7.17. The lowest BCUT2D eigenvalue weighted by Gasteiger charge is -2.29. The number of fused-ring (bicyclic) bond motifs is 3. The summed E-state index contributed by atoms with van der Waals surface area (Å²) in [6.07, 6.45) is 0.839. The lowest BCUT2D eigenvalue weighted by Crippen LogP contribution is -2.39. The van der Waals surface area contributed by atoms with Gasteiger partial charge in [-0.15, -0.1) is 0 Å². The van der Waals surface area contributed by atoms with Gasteiger partial charge in [0.05, 0.1) is 16.9 Å². The zero-order valence-electron chi connectivity index (χ0n) is 14.0. The zero-order valence-corrected chi connectivity index (χ0v) is 14.0. The molecule has 5 nitrogen and oxygen atoms in total. The van der Waals surface area contributed by atoms with Gasteiger partial charge < -0.3 is 13.9 Å². The fourth-order valence-corrected chi connectivity index (χ4v) is 3.93. The number of rotatable bonds is 2. The van der Waals surface area contributed by atoms with E-state index in [-0.39, 0.29) is 29.7 Å². The average molecular weight is 328 g/mol. The van der Waals surface area contributed by atoms with E-state index in [0.717, 1.165) is 5.39 Å². The van der Waals surface area contributed by atoms with Crippen molar-refractivity contribution in [3.05, 3.63) is 40.2 Å². The van der Waals surface area contributed by atoms with E-state index in [0.29, 0.717) is 29.7 Å². The van der Waals surface area contributed by atoms with Crippen LogP contribution in [0.1, 0.15) is 39.2 Å². The maximum atomic E-state index is 12.6. The Hall–Kier alpha value is -2.30. The molecule has 5 heteroatoms. The summed E-state index contributed by atoms with van der Waals surface area (Å²) in [7, 11) is 0. The Morgan fingerprint density at radius 3 is 2.62 bits per heavy atom. The first-order valence-electron chi connectivity index (χ1n) is 8.33. The number of carbonyl (C=O) groups excluding carboxylic acids is 1. The molecule has 0 N–H and O–H groups in total. The van der Waals surface area contributed by atoms with Gasteiger partial charge in [0.15, 0.2) is 0 Å². The van der Waals surface area contributed by atoms with E-state index in [9.17, 15) is 9.59 Å². The van der Waals surface area contributed by atoms with Crippen molar-refractivity contribution in [3.63, 3.8) is 0 Å². The number of esters is 1. The van der Waals surface area contributed by atoms with Gasteiger partial charge in [0.25, 0.3) is 0 Å². The smallest absolute Gasteiger partial charge is 0.343 e. The fourth-order valence-electron chi connectivity index (χ4n) is 3.93. The van der Waals surface area contributed by atoms with Gasteiger partial charge in [-0.25, -0.2) is 4.79 Å². The van der Waals surface area contributed by atoms with Crippen molar-refractivity contribution in [3.8, 4) is 5.75 Å². The Labute approximate surface area is 139 Å². The fraction of sp³-hybridized carbons (Fsp3) is 0.474. The molecular weight excluding hydrogens is 308 g/mol. The number of carbonyl (C=O) groups is 1. The van der Waals surface area contributed by atoms with E-state index < -0.39 is 5.41 Å². The predicted octanol–water partition coefficient (Wildman–Crippen LogP) is 3.17. The second kappa shape index (κ2) is 5.10. The van der Waals surface area contributed by atoms with Crippen molar-refractivity contribution >= 4 is 16.9 Å². The predicted molar refractivity (Wildman–Crippen MR) is 88.2 cm³/mol. The molecular formula is C19H20O5. The van der Waals surface area contributed by atoms with Crippen molar-refractivity contribution in [1.82, 2.24) is 0 Å². The van der Waals surface area contributed by atoms with Crippen LogP contribution in [0.2, 0.25) is 0 Å². The highest BCUT2D eigenvalue weighted by molar-refractivity contribution is 5.85. The minimum Gasteiger partial charge on any atom is -0.488 e. The van der Waals surface area contributed by atoms with E-state index in [1.54, 1.807) is 6.07 Å². The maximum Gasteiger partial charge on any atom is 0.343 e. The van der Waals surface area contributed by atoms with Gasteiger partial charge in [0, 0.05) is 5.41 Å². The third-order valence-electron chi connectivity index (χ3n) is 5.48. The van der Waals surface area contributed by atoms with Crippen LogP contribution in [0.4, 0.5) is 0 Å². The summed E-state index contributed by atoms with van der Waals surface area (Å²) >= 11 is 0. The van der Waals surface area contributed by atoms with Crippen molar-refractivity contribution in [2.75, 3.05) is 0 Å². The Balaban J connectivity index is 1.81. The molecule has 4 atom stereocenters. The van der Waals surface area contributed by atoms with E-state index in [1.807, 2.05) is 39.0 Å². The van der Waals surface area contributed by atoms with Crippen molar-refractivity contribution in [2.45, 2.75) is 51.2 Å². The number of hydrogen-bond acceptors (Lipinski definition) is 5. The summed E-state index contributed by atoms with van der Waals surface area (Å²) in [5.41, 5.74) is 0.172. The molecule has 0 aliphatic carbocycles. The normalized spacial score (nSPS) is 31.8. The molecule has 4 rings (SSSR count). The molecule has 126 valence electrons. The van der Waals surface area contributed by atoms with Gasteiger partial charge in [-0.1, -0.05) is 26.0 Å². The molecule has 1 aromatic heterocycles. The quantitative estimate of drug-likeness (QED) is 0.626. The summed E-state index contributed by atoms with van der Waals surface area (Å²) < 4.78 is 17.1. The third kappa shape index (κ3) is 2.07. The van der Waals surface area contributed by atoms with Gasteiger partial charge in [-0.05, 0) is 31.9 Å². The SMILES string of the molecule is CC1CC(CC2(C)c3c(c4ccccc4oc3=O)OC2C)OC1=O. The molecule has 2 aliphatic heterocycles. The maximum absolute atomic E-state index is 12.6. The van der Waals surface area contributed by atoms with Crippen LogP contribution >= 0.6 is 0 Å². The topological polar surface area (TPSA) is 65.7 Å². The summed E-state index contributed by atoms with van der Waals surface area (Å²) in [4.78, 5) is 24.3. The molecule has 1 aromatic carbocycles. The number of para-hydroxylation sites is 1. The number of benzene rings is 1. The largest absolute Gasteiger partial charge is 0.488 e. The Morgan fingerprint density at radius 2 is 1.92 bits per heavy atom. The second-order valence-corrected chi connectivity index (χ2v) is 7.17. The van der Waals surface area contributed by atoms with Gasteiger partial charge in [-0.3, -0.25) is 4.79 Å². The lowest BCUT2D eigenvalue weighted by atomic mass is 9.75. The molecule has 1 saturated heterocycles. The zero-order chi connectivity index (χ0) is 17.1. The van der Waals surface area contributed by atoms with Crippen LogP contribution < -0.4 is 10.4 Å². The average Bonchev–Trinajstić information content (AvgIpc) is 2.97. The highest BCUT2D eigenvalue weighted by Gasteiger charge is 2.49. The first-order valence-corrected chi connectivity index (χ1v) is 8.33. The summed E-state index contributed by atoms with van der Waals surface area (Å²) in [5.74, 6) is 0.346. The lowest BCUT2D eigenvalue weighted by molar-refractivity contribution is -0.144. The van der Waals surface area contributed by atoms with Crippen molar-refractivity contribution in [2.24, 2.45) is 5.92 Å². The van der Waals surface area contributed by atoms with E-state index >= 15 is 0 Å². The molecule has 1 fully saturated rings. The van der Waals surface area contributed by atoms with E-state index in [4.69, 9.17) is 13.9 Å². The molecule has 3 heterocycles. The van der Waals surface area contributed by atoms with Crippen LogP contribution in [0.5, 0.6) is 5.75 Å². The van der Waals surface area contributed by atoms with Gasteiger partial charge in [0.2, 0.25) is 0 Å². The monoisotopic (exact) mass is 328 g/mol. The van der Waals surface area contributed by atoms with Crippen molar-refractivity contribution < 1.29 is 18.7 Å². The summed E-state index contributed by atoms with van der Waals surface area (Å²) in [5, 5.41) is 0.805. The molecule has 2 aliphatic rings. The third-order valence-corrected chi connectivity index (χ3v) is 5.48. The number of cyclic esters (lactones) is 1. The molecule has 0 amide bonds. The molecule has 0 bridgehead atoms. The minimum atomic E-state index is -0.547. The highest BCUT2D eigenvalue weighted by Crippen LogP contribution is 2.48. The summed E-state index contributed by atoms with van der Waals surface area (Å²) in [6, 6.07) is 7.38. The van der Waals surface area contributed by atoms with E-state index in [1.165, 1.54) is 0 Å². The minimum absolute atomic E-state index is 0.0938. The Bertz CT molecular complexity index is 883. The molecule has 0 radical (unpaired) electrons. The first kappa shape index (κ1) is 15.2. The molecule has 24 heavy (non-hydrogen) atoms. The molecule has 0 spiro atoms. The van der Waals surface area contributed by atoms with E-state index in [2.05, 4.69) is 0 Å². The standard InChI is InChI=1S/C19H20O5/c1-10-8-12(23-17(10)20)9-19(3)11(2)22-16-13-6-4-5-7-14(13)24-18(21)15(16)19/h4-7,10-12H,8-9H2,1-3H3. The van der Waals surface area contributed by atoms with Gasteiger partial charge in [0.1, 0.15) is 23.5 Å². The van der Waals surface area contributed by atoms with Crippen LogP contribution in [0.25, 0.3) is 11.0 Å². The van der Waals surface area contributed by atoms with Gasteiger partial charge in [-0.2, -0.15) is 0 Å². The number of ether oxygens (including phenoxy) is 2. The van der Waals surface area contributed by atoms with Crippen LogP contribution in [-0.2, 0) is 14.9 Å².